The minimum absolute atomic E-state index is 0.586. The first-order valence-electron chi connectivity index (χ1n) is 6.75. The third kappa shape index (κ3) is 3.48. The van der Waals surface area contributed by atoms with E-state index in [-0.39, 0.29) is 0 Å². The van der Waals surface area contributed by atoms with Crippen molar-refractivity contribution >= 4 is 23.1 Å². The number of aromatic nitrogens is 2. The second-order valence-electron chi connectivity index (χ2n) is 4.51. The summed E-state index contributed by atoms with van der Waals surface area (Å²) in [7, 11) is 0. The maximum atomic E-state index is 5.83. The molecule has 0 saturated carbocycles. The summed E-state index contributed by atoms with van der Waals surface area (Å²) in [6.45, 7) is 0. The molecule has 1 N–H and O–H groups in total. The van der Waals surface area contributed by atoms with Crippen molar-refractivity contribution < 1.29 is 0 Å². The van der Waals surface area contributed by atoms with Crippen molar-refractivity contribution in [2.75, 3.05) is 5.43 Å². The summed E-state index contributed by atoms with van der Waals surface area (Å²) in [5.41, 5.74) is 5.46. The molecule has 4 nitrogen and oxygen atoms in total. The number of halogens is 1. The molecule has 0 aliphatic rings. The van der Waals surface area contributed by atoms with Crippen LogP contribution in [0.3, 0.4) is 0 Å². The van der Waals surface area contributed by atoms with Gasteiger partial charge in [0.2, 0.25) is 0 Å². The fraction of sp³-hybridized carbons (Fsp3) is 0. The van der Waals surface area contributed by atoms with Crippen LogP contribution in [-0.2, 0) is 0 Å². The van der Waals surface area contributed by atoms with Gasteiger partial charge in [-0.05, 0) is 24.3 Å². The molecule has 0 radical (unpaired) electrons. The smallest absolute Gasteiger partial charge is 0.146 e. The molecule has 3 rings (SSSR count). The Labute approximate surface area is 133 Å². The molecule has 0 fully saturated rings. The minimum atomic E-state index is 0.586. The third-order valence-electron chi connectivity index (χ3n) is 2.96. The number of nitrogens with one attached hydrogen (secondary N) is 1. The normalized spacial score (nSPS) is 11.2. The molecular formula is C17H13ClN4. The number of nitrogens with zero attached hydrogens (tertiary/aromatic N) is 3. The molecule has 2 aromatic heterocycles. The zero-order chi connectivity index (χ0) is 15.2. The van der Waals surface area contributed by atoms with E-state index in [1.54, 1.807) is 24.5 Å². The zero-order valence-electron chi connectivity index (χ0n) is 11.6. The van der Waals surface area contributed by atoms with E-state index < -0.39 is 0 Å². The van der Waals surface area contributed by atoms with Crippen LogP contribution in [0.5, 0.6) is 0 Å². The molecule has 5 heteroatoms. The van der Waals surface area contributed by atoms with Crippen molar-refractivity contribution in [2.45, 2.75) is 0 Å². The van der Waals surface area contributed by atoms with Crippen LogP contribution >= 0.6 is 11.6 Å². The summed E-state index contributed by atoms with van der Waals surface area (Å²) in [5, 5.41) is 5.05. The van der Waals surface area contributed by atoms with E-state index in [1.165, 1.54) is 0 Å². The minimum Gasteiger partial charge on any atom is -0.261 e. The second-order valence-corrected chi connectivity index (χ2v) is 4.95. The molecule has 1 aromatic carbocycles. The number of hydrogen-bond acceptors (Lipinski definition) is 4. The van der Waals surface area contributed by atoms with E-state index in [0.717, 1.165) is 17.0 Å². The number of benzene rings is 1. The highest BCUT2D eigenvalue weighted by Gasteiger charge is 2.07. The van der Waals surface area contributed by atoms with Crippen molar-refractivity contribution in [3.05, 3.63) is 89.3 Å². The number of pyridine rings is 2. The van der Waals surface area contributed by atoms with Crippen LogP contribution in [0.2, 0.25) is 5.02 Å². The molecule has 22 heavy (non-hydrogen) atoms. The maximum Gasteiger partial charge on any atom is 0.146 e. The van der Waals surface area contributed by atoms with Gasteiger partial charge in [0, 0.05) is 18.0 Å². The Bertz CT molecular complexity index is 714. The summed E-state index contributed by atoms with van der Waals surface area (Å²) >= 11 is 5.83. The molecule has 2 heterocycles. The zero-order valence-corrected chi connectivity index (χ0v) is 12.4. The highest BCUT2D eigenvalue weighted by molar-refractivity contribution is 6.30. The van der Waals surface area contributed by atoms with Gasteiger partial charge in [-0.3, -0.25) is 10.4 Å². The molecule has 0 unspecified atom stereocenters. The molecule has 0 aliphatic heterocycles. The van der Waals surface area contributed by atoms with E-state index in [1.807, 2.05) is 48.5 Å². The summed E-state index contributed by atoms with van der Waals surface area (Å²) in [4.78, 5) is 8.54. The average molecular weight is 309 g/mol. The molecule has 0 aliphatic carbocycles. The van der Waals surface area contributed by atoms with Gasteiger partial charge < -0.3 is 0 Å². The molecule has 0 atom stereocenters. The first-order valence-corrected chi connectivity index (χ1v) is 7.13. The number of anilines is 1. The summed E-state index contributed by atoms with van der Waals surface area (Å²) in [6.07, 6.45) is 3.32. The Morgan fingerprint density at radius 2 is 1.73 bits per heavy atom. The highest BCUT2D eigenvalue weighted by Crippen LogP contribution is 2.12. The molecule has 3 aromatic rings. The molecule has 108 valence electrons. The third-order valence-corrected chi connectivity index (χ3v) is 3.19. The summed E-state index contributed by atoms with van der Waals surface area (Å²) in [6, 6.07) is 19.1. The average Bonchev–Trinajstić information content (AvgIpc) is 2.59. The molecule has 0 spiro atoms. The van der Waals surface area contributed by atoms with Crippen molar-refractivity contribution in [2.24, 2.45) is 5.10 Å². The van der Waals surface area contributed by atoms with Crippen LogP contribution in [0.25, 0.3) is 0 Å². The molecule has 0 bridgehead atoms. The first-order chi connectivity index (χ1) is 10.8. The second kappa shape index (κ2) is 6.83. The van der Waals surface area contributed by atoms with Crippen LogP contribution in [0.15, 0.2) is 78.2 Å². The van der Waals surface area contributed by atoms with E-state index in [4.69, 9.17) is 11.6 Å². The van der Waals surface area contributed by atoms with Crippen molar-refractivity contribution in [3.8, 4) is 0 Å². The number of rotatable bonds is 4. The van der Waals surface area contributed by atoms with E-state index in [9.17, 15) is 0 Å². The van der Waals surface area contributed by atoms with Gasteiger partial charge in [-0.2, -0.15) is 5.10 Å². The highest BCUT2D eigenvalue weighted by atomic mass is 35.5. The lowest BCUT2D eigenvalue weighted by atomic mass is 10.1. The lowest BCUT2D eigenvalue weighted by molar-refractivity contribution is 1.21. The van der Waals surface area contributed by atoms with Gasteiger partial charge in [0.15, 0.2) is 0 Å². The van der Waals surface area contributed by atoms with Crippen molar-refractivity contribution in [1.82, 2.24) is 9.97 Å². The fourth-order valence-electron chi connectivity index (χ4n) is 1.92. The largest absolute Gasteiger partial charge is 0.261 e. The van der Waals surface area contributed by atoms with Gasteiger partial charge in [-0.15, -0.1) is 0 Å². The quantitative estimate of drug-likeness (QED) is 0.585. The Balaban J connectivity index is 1.95. The molecule has 0 saturated heterocycles. The SMILES string of the molecule is Clc1ccc(N/N=C(/c2ccccc2)c2ccccn2)nc1. The van der Waals surface area contributed by atoms with E-state index >= 15 is 0 Å². The van der Waals surface area contributed by atoms with E-state index in [2.05, 4.69) is 20.5 Å². The van der Waals surface area contributed by atoms with Crippen molar-refractivity contribution in [1.29, 1.82) is 0 Å². The lowest BCUT2D eigenvalue weighted by Crippen LogP contribution is -2.08. The van der Waals surface area contributed by atoms with Crippen LogP contribution in [0.4, 0.5) is 5.82 Å². The van der Waals surface area contributed by atoms with Gasteiger partial charge in [0.25, 0.3) is 0 Å². The van der Waals surface area contributed by atoms with Crippen molar-refractivity contribution in [3.63, 3.8) is 0 Å². The van der Waals surface area contributed by atoms with Crippen LogP contribution in [-0.4, -0.2) is 15.7 Å². The van der Waals surface area contributed by atoms with Crippen LogP contribution in [0, 0.1) is 0 Å². The van der Waals surface area contributed by atoms with Crippen LogP contribution in [0.1, 0.15) is 11.3 Å². The monoisotopic (exact) mass is 308 g/mol. The maximum absolute atomic E-state index is 5.83. The van der Waals surface area contributed by atoms with Gasteiger partial charge in [0.1, 0.15) is 11.5 Å². The van der Waals surface area contributed by atoms with Gasteiger partial charge in [-0.1, -0.05) is 48.0 Å². The Kier molecular flexibility index (Phi) is 4.41. The predicted molar refractivity (Wildman–Crippen MR) is 89.2 cm³/mol. The molecular weight excluding hydrogens is 296 g/mol. The predicted octanol–water partition coefficient (Wildman–Crippen LogP) is 3.99. The van der Waals surface area contributed by atoms with Gasteiger partial charge in [-0.25, -0.2) is 4.98 Å². The topological polar surface area (TPSA) is 50.2 Å². The van der Waals surface area contributed by atoms with Crippen LogP contribution < -0.4 is 5.43 Å². The molecule has 0 amide bonds. The Hall–Kier alpha value is -2.72. The Morgan fingerprint density at radius 1 is 0.909 bits per heavy atom. The summed E-state index contributed by atoms with van der Waals surface area (Å²) in [5.74, 6) is 0.619. The summed E-state index contributed by atoms with van der Waals surface area (Å²) < 4.78 is 0. The lowest BCUT2D eigenvalue weighted by Gasteiger charge is -2.07. The Morgan fingerprint density at radius 3 is 2.41 bits per heavy atom. The standard InChI is InChI=1S/C17H13ClN4/c18-14-9-10-16(20-12-14)21-22-17(13-6-2-1-3-7-13)15-8-4-5-11-19-15/h1-12H,(H,20,21)/b22-17-. The van der Waals surface area contributed by atoms with Gasteiger partial charge >= 0.3 is 0 Å². The number of hydrogen-bond donors (Lipinski definition) is 1. The van der Waals surface area contributed by atoms with E-state index in [0.29, 0.717) is 10.8 Å². The first kappa shape index (κ1) is 14.2. The number of hydrazone groups is 1. The fourth-order valence-corrected chi connectivity index (χ4v) is 2.04. The van der Waals surface area contributed by atoms with Gasteiger partial charge in [0.05, 0.1) is 10.7 Å².